The molecule has 0 radical (unpaired) electrons. The molecule has 1 fully saturated rings. The summed E-state index contributed by atoms with van der Waals surface area (Å²) in [6, 6.07) is 0. The molecule has 1 aliphatic rings. The standard InChI is InChI=1S/C12H22BNO4/c1-9(13(16)17)10-5-7-14(8-6-10)11(15)18-12(2,3)4/h10,16-17H,1,5-8H2,2-4H3. The Kier molecular flexibility index (Phi) is 4.81. The summed E-state index contributed by atoms with van der Waals surface area (Å²) in [7, 11) is -1.47. The van der Waals surface area contributed by atoms with Crippen LogP contribution in [0, 0.1) is 5.92 Å². The van der Waals surface area contributed by atoms with Crippen LogP contribution in [0.5, 0.6) is 0 Å². The predicted octanol–water partition coefficient (Wildman–Crippen LogP) is 1.20. The van der Waals surface area contributed by atoms with Crippen LogP contribution in [-0.4, -0.2) is 46.9 Å². The maximum Gasteiger partial charge on any atom is 0.483 e. The minimum absolute atomic E-state index is 0.0590. The van der Waals surface area contributed by atoms with Crippen molar-refractivity contribution in [1.82, 2.24) is 4.90 Å². The summed E-state index contributed by atoms with van der Waals surface area (Å²) >= 11 is 0. The van der Waals surface area contributed by atoms with E-state index in [1.54, 1.807) is 4.90 Å². The molecule has 0 saturated carbocycles. The zero-order valence-electron chi connectivity index (χ0n) is 11.3. The van der Waals surface area contributed by atoms with Crippen molar-refractivity contribution < 1.29 is 19.6 Å². The summed E-state index contributed by atoms with van der Waals surface area (Å²) in [4.78, 5) is 13.5. The van der Waals surface area contributed by atoms with Gasteiger partial charge in [0.05, 0.1) is 0 Å². The van der Waals surface area contributed by atoms with E-state index in [0.29, 0.717) is 31.4 Å². The number of amides is 1. The molecule has 0 aromatic rings. The Morgan fingerprint density at radius 2 is 1.83 bits per heavy atom. The first kappa shape index (κ1) is 15.1. The molecule has 0 aliphatic carbocycles. The summed E-state index contributed by atoms with van der Waals surface area (Å²) in [6.45, 7) is 10.3. The van der Waals surface area contributed by atoms with Crippen LogP contribution in [0.2, 0.25) is 0 Å². The summed E-state index contributed by atoms with van der Waals surface area (Å²) in [6.07, 6.45) is 1.07. The highest BCUT2D eigenvalue weighted by molar-refractivity contribution is 6.50. The second kappa shape index (κ2) is 5.76. The third-order valence-electron chi connectivity index (χ3n) is 3.00. The molecule has 0 aromatic carbocycles. The van der Waals surface area contributed by atoms with Gasteiger partial charge >= 0.3 is 13.2 Å². The highest BCUT2D eigenvalue weighted by Gasteiger charge is 2.30. The molecule has 1 amide bonds. The fraction of sp³-hybridized carbons (Fsp3) is 0.750. The van der Waals surface area contributed by atoms with E-state index in [4.69, 9.17) is 14.8 Å². The van der Waals surface area contributed by atoms with Gasteiger partial charge in [-0.05, 0) is 45.0 Å². The molecule has 0 unspecified atom stereocenters. The van der Waals surface area contributed by atoms with Gasteiger partial charge in [0.1, 0.15) is 5.60 Å². The third kappa shape index (κ3) is 4.35. The third-order valence-corrected chi connectivity index (χ3v) is 3.00. The van der Waals surface area contributed by atoms with Crippen molar-refractivity contribution in [3.05, 3.63) is 12.1 Å². The number of allylic oxidation sites excluding steroid dienone is 1. The Morgan fingerprint density at radius 3 is 2.22 bits per heavy atom. The van der Waals surface area contributed by atoms with E-state index in [1.165, 1.54) is 0 Å². The van der Waals surface area contributed by atoms with Crippen molar-refractivity contribution in [3.63, 3.8) is 0 Å². The number of piperidine rings is 1. The lowest BCUT2D eigenvalue weighted by molar-refractivity contribution is 0.0195. The van der Waals surface area contributed by atoms with Gasteiger partial charge in [-0.2, -0.15) is 0 Å². The first-order valence-electron chi connectivity index (χ1n) is 6.23. The maximum absolute atomic E-state index is 11.8. The largest absolute Gasteiger partial charge is 0.483 e. The Morgan fingerprint density at radius 1 is 1.33 bits per heavy atom. The molecular formula is C12H22BNO4. The monoisotopic (exact) mass is 255 g/mol. The van der Waals surface area contributed by atoms with E-state index in [-0.39, 0.29) is 12.0 Å². The molecule has 1 rings (SSSR count). The van der Waals surface area contributed by atoms with Crippen LogP contribution in [0.1, 0.15) is 33.6 Å². The van der Waals surface area contributed by atoms with Crippen molar-refractivity contribution in [3.8, 4) is 0 Å². The number of nitrogens with zero attached hydrogens (tertiary/aromatic N) is 1. The van der Waals surface area contributed by atoms with Crippen molar-refractivity contribution in [2.45, 2.75) is 39.2 Å². The van der Waals surface area contributed by atoms with Crippen LogP contribution in [0.3, 0.4) is 0 Å². The molecule has 1 heterocycles. The lowest BCUT2D eigenvalue weighted by Gasteiger charge is -2.34. The van der Waals surface area contributed by atoms with Crippen molar-refractivity contribution >= 4 is 13.2 Å². The first-order chi connectivity index (χ1) is 8.20. The summed E-state index contributed by atoms with van der Waals surface area (Å²) in [5.74, 6) is 0.0590. The minimum atomic E-state index is -1.47. The molecule has 1 saturated heterocycles. The van der Waals surface area contributed by atoms with Crippen LogP contribution < -0.4 is 0 Å². The van der Waals surface area contributed by atoms with Crippen molar-refractivity contribution in [2.24, 2.45) is 5.92 Å². The van der Waals surface area contributed by atoms with Gasteiger partial charge in [0.2, 0.25) is 0 Å². The quantitative estimate of drug-likeness (QED) is 0.727. The lowest BCUT2D eigenvalue weighted by Crippen LogP contribution is -2.42. The summed E-state index contributed by atoms with van der Waals surface area (Å²) < 4.78 is 5.29. The number of rotatable bonds is 2. The zero-order valence-corrected chi connectivity index (χ0v) is 11.3. The first-order valence-corrected chi connectivity index (χ1v) is 6.23. The average Bonchev–Trinajstić information content (AvgIpc) is 2.26. The Bertz CT molecular complexity index is 317. The van der Waals surface area contributed by atoms with Gasteiger partial charge in [0.15, 0.2) is 0 Å². The number of carbonyl (C=O) groups is 1. The Labute approximate surface area is 109 Å². The van der Waals surface area contributed by atoms with Gasteiger partial charge in [0, 0.05) is 13.1 Å². The van der Waals surface area contributed by atoms with Crippen molar-refractivity contribution in [1.29, 1.82) is 0 Å². The van der Waals surface area contributed by atoms with Gasteiger partial charge in [-0.1, -0.05) is 0 Å². The van der Waals surface area contributed by atoms with Gasteiger partial charge in [-0.3, -0.25) is 0 Å². The second-order valence-corrected chi connectivity index (χ2v) is 5.69. The molecule has 0 aromatic heterocycles. The molecule has 1 aliphatic heterocycles. The highest BCUT2D eigenvalue weighted by Crippen LogP contribution is 2.25. The Hall–Kier alpha value is -1.01. The summed E-state index contributed by atoms with van der Waals surface area (Å²) in [5, 5.41) is 18.1. The average molecular weight is 255 g/mol. The van der Waals surface area contributed by atoms with E-state index >= 15 is 0 Å². The molecule has 0 atom stereocenters. The fourth-order valence-corrected chi connectivity index (χ4v) is 1.97. The Balaban J connectivity index is 2.44. The molecule has 18 heavy (non-hydrogen) atoms. The molecular weight excluding hydrogens is 233 g/mol. The van der Waals surface area contributed by atoms with Crippen LogP contribution in [-0.2, 0) is 4.74 Å². The van der Waals surface area contributed by atoms with Crippen LogP contribution >= 0.6 is 0 Å². The second-order valence-electron chi connectivity index (χ2n) is 5.69. The normalized spacial score (nSPS) is 17.5. The van der Waals surface area contributed by atoms with Crippen LogP contribution in [0.15, 0.2) is 12.1 Å². The number of likely N-dealkylation sites (tertiary alicyclic amines) is 1. The van der Waals surface area contributed by atoms with Gasteiger partial charge < -0.3 is 19.7 Å². The molecule has 102 valence electrons. The molecule has 0 spiro atoms. The van der Waals surface area contributed by atoms with Gasteiger partial charge in [-0.25, -0.2) is 4.79 Å². The SMILES string of the molecule is C=C(B(O)O)C1CCN(C(=O)OC(C)(C)C)CC1. The number of hydrogen-bond donors (Lipinski definition) is 2. The number of hydrogen-bond acceptors (Lipinski definition) is 4. The molecule has 0 bridgehead atoms. The molecule has 2 N–H and O–H groups in total. The fourth-order valence-electron chi connectivity index (χ4n) is 1.97. The molecule has 5 nitrogen and oxygen atoms in total. The van der Waals surface area contributed by atoms with E-state index in [2.05, 4.69) is 6.58 Å². The maximum atomic E-state index is 11.8. The predicted molar refractivity (Wildman–Crippen MR) is 69.9 cm³/mol. The topological polar surface area (TPSA) is 70.0 Å². The number of ether oxygens (including phenoxy) is 1. The van der Waals surface area contributed by atoms with Crippen LogP contribution in [0.25, 0.3) is 0 Å². The minimum Gasteiger partial charge on any atom is -0.444 e. The van der Waals surface area contributed by atoms with Crippen LogP contribution in [0.4, 0.5) is 4.79 Å². The smallest absolute Gasteiger partial charge is 0.444 e. The number of carbonyl (C=O) groups excluding carboxylic acids is 1. The van der Waals surface area contributed by atoms with Gasteiger partial charge in [0.25, 0.3) is 0 Å². The van der Waals surface area contributed by atoms with Crippen molar-refractivity contribution in [2.75, 3.05) is 13.1 Å². The lowest BCUT2D eigenvalue weighted by atomic mass is 9.70. The van der Waals surface area contributed by atoms with E-state index in [0.717, 1.165) is 0 Å². The highest BCUT2D eigenvalue weighted by atomic mass is 16.6. The van der Waals surface area contributed by atoms with E-state index in [9.17, 15) is 4.79 Å². The molecule has 6 heteroatoms. The van der Waals surface area contributed by atoms with E-state index in [1.807, 2.05) is 20.8 Å². The summed E-state index contributed by atoms with van der Waals surface area (Å²) in [5.41, 5.74) is -0.0578. The van der Waals surface area contributed by atoms with E-state index < -0.39 is 12.7 Å². The zero-order chi connectivity index (χ0) is 13.9. The van der Waals surface area contributed by atoms with Gasteiger partial charge in [-0.15, -0.1) is 6.58 Å².